The fraction of sp³-hybridized carbons (Fsp3) is 0.200. The van der Waals surface area contributed by atoms with E-state index in [1.165, 1.54) is 10.6 Å². The van der Waals surface area contributed by atoms with E-state index in [0.717, 1.165) is 11.1 Å². The molecule has 34 heavy (non-hydrogen) atoms. The Morgan fingerprint density at radius 3 is 2.71 bits per heavy atom. The number of aryl methyl sites for hydroxylation is 1. The van der Waals surface area contributed by atoms with E-state index in [-0.39, 0.29) is 27.9 Å². The van der Waals surface area contributed by atoms with Crippen LogP contribution in [0.25, 0.3) is 22.3 Å². The summed E-state index contributed by atoms with van der Waals surface area (Å²) in [6, 6.07) is 9.76. The molecule has 3 aromatic heterocycles. The molecular formula is C25H19Cl2FN4O2. The zero-order valence-electron chi connectivity index (χ0n) is 18.3. The number of pyridine rings is 1. The van der Waals surface area contributed by atoms with E-state index in [2.05, 4.69) is 15.1 Å². The standard InChI is InChI=1S/C25H19Cl2FN4O2/c1-13-14(2)30-24-19(18-4-3-17(26)11-20(18)28)12-21(31-32(24)25(13)33)15-6-8-34-22(9-15)16-5-7-29-23(27)10-16/h3-5,7,9-12,22H,6,8H2,1-2H3. The summed E-state index contributed by atoms with van der Waals surface area (Å²) >= 11 is 12.0. The molecule has 0 aliphatic carbocycles. The van der Waals surface area contributed by atoms with Crippen molar-refractivity contribution in [1.82, 2.24) is 19.6 Å². The van der Waals surface area contributed by atoms with Crippen molar-refractivity contribution in [2.75, 3.05) is 6.61 Å². The quantitative estimate of drug-likeness (QED) is 0.337. The van der Waals surface area contributed by atoms with E-state index in [1.807, 2.05) is 12.1 Å². The first-order chi connectivity index (χ1) is 16.3. The summed E-state index contributed by atoms with van der Waals surface area (Å²) in [6.45, 7) is 3.89. The molecule has 9 heteroatoms. The fourth-order valence-corrected chi connectivity index (χ4v) is 4.32. The summed E-state index contributed by atoms with van der Waals surface area (Å²) in [4.78, 5) is 21.7. The second kappa shape index (κ2) is 8.91. The first-order valence-corrected chi connectivity index (χ1v) is 11.4. The van der Waals surface area contributed by atoms with Crippen LogP contribution >= 0.6 is 23.2 Å². The van der Waals surface area contributed by atoms with E-state index >= 15 is 0 Å². The summed E-state index contributed by atoms with van der Waals surface area (Å²) < 4.78 is 22.1. The van der Waals surface area contributed by atoms with Crippen molar-refractivity contribution >= 4 is 34.4 Å². The molecular weight excluding hydrogens is 478 g/mol. The molecule has 0 bridgehead atoms. The van der Waals surface area contributed by atoms with Crippen LogP contribution in [-0.2, 0) is 4.74 Å². The lowest BCUT2D eigenvalue weighted by Crippen LogP contribution is -2.23. The fourth-order valence-electron chi connectivity index (χ4n) is 3.98. The smallest absolute Gasteiger partial charge is 0.277 e. The highest BCUT2D eigenvalue weighted by Gasteiger charge is 2.22. The third-order valence-electron chi connectivity index (χ3n) is 5.91. The molecule has 1 aliphatic rings. The summed E-state index contributed by atoms with van der Waals surface area (Å²) in [7, 11) is 0. The molecule has 0 spiro atoms. The van der Waals surface area contributed by atoms with Gasteiger partial charge in [-0.25, -0.2) is 14.4 Å². The zero-order chi connectivity index (χ0) is 24.0. The number of benzene rings is 1. The Morgan fingerprint density at radius 1 is 1.12 bits per heavy atom. The number of rotatable bonds is 3. The number of halogens is 3. The van der Waals surface area contributed by atoms with Crippen molar-refractivity contribution in [2.24, 2.45) is 0 Å². The second-order valence-electron chi connectivity index (χ2n) is 8.08. The largest absolute Gasteiger partial charge is 0.369 e. The zero-order valence-corrected chi connectivity index (χ0v) is 19.9. The van der Waals surface area contributed by atoms with Gasteiger partial charge in [0.05, 0.1) is 12.3 Å². The van der Waals surface area contributed by atoms with Gasteiger partial charge in [0.15, 0.2) is 5.65 Å². The highest BCUT2D eigenvalue weighted by Crippen LogP contribution is 2.34. The molecule has 0 fully saturated rings. The molecule has 1 unspecified atom stereocenters. The summed E-state index contributed by atoms with van der Waals surface area (Å²) in [5, 5.41) is 5.26. The van der Waals surface area contributed by atoms with Crippen LogP contribution in [0.15, 0.2) is 53.5 Å². The maximum absolute atomic E-state index is 15.0. The maximum atomic E-state index is 15.0. The molecule has 1 atom stereocenters. The SMILES string of the molecule is Cc1nc2c(-c3ccc(Cl)cc3F)cc(C3=CC(c4ccnc(Cl)c4)OCC3)nn2c(=O)c1C. The molecule has 4 heterocycles. The van der Waals surface area contributed by atoms with Crippen LogP contribution in [0.2, 0.25) is 10.2 Å². The van der Waals surface area contributed by atoms with Crippen LogP contribution in [0.5, 0.6) is 0 Å². The highest BCUT2D eigenvalue weighted by atomic mass is 35.5. The lowest BCUT2D eigenvalue weighted by atomic mass is 9.98. The van der Waals surface area contributed by atoms with Gasteiger partial charge in [0, 0.05) is 33.6 Å². The number of hydrogen-bond acceptors (Lipinski definition) is 5. The molecule has 6 nitrogen and oxygen atoms in total. The minimum atomic E-state index is -0.510. The van der Waals surface area contributed by atoms with Crippen molar-refractivity contribution in [3.05, 3.63) is 97.5 Å². The monoisotopic (exact) mass is 496 g/mol. The van der Waals surface area contributed by atoms with Crippen molar-refractivity contribution in [3.8, 4) is 11.1 Å². The molecule has 0 N–H and O–H groups in total. The van der Waals surface area contributed by atoms with Gasteiger partial charge in [-0.15, -0.1) is 0 Å². The van der Waals surface area contributed by atoms with Gasteiger partial charge in [0.2, 0.25) is 0 Å². The lowest BCUT2D eigenvalue weighted by molar-refractivity contribution is 0.0826. The predicted octanol–water partition coefficient (Wildman–Crippen LogP) is 5.76. The van der Waals surface area contributed by atoms with Gasteiger partial charge in [0.25, 0.3) is 5.56 Å². The minimum Gasteiger partial charge on any atom is -0.369 e. The first kappa shape index (κ1) is 22.7. The average molecular weight is 497 g/mol. The highest BCUT2D eigenvalue weighted by molar-refractivity contribution is 6.30. The van der Waals surface area contributed by atoms with Gasteiger partial charge >= 0.3 is 0 Å². The topological polar surface area (TPSA) is 69.4 Å². The molecule has 1 aliphatic heterocycles. The molecule has 5 rings (SSSR count). The Hall–Kier alpha value is -3.13. The molecule has 0 amide bonds. The maximum Gasteiger partial charge on any atom is 0.277 e. The van der Waals surface area contributed by atoms with E-state index in [9.17, 15) is 9.18 Å². The molecule has 1 aromatic carbocycles. The summed E-state index contributed by atoms with van der Waals surface area (Å²) in [5.74, 6) is -0.510. The van der Waals surface area contributed by atoms with Crippen LogP contribution in [0.4, 0.5) is 4.39 Å². The minimum absolute atomic E-state index is 0.281. The lowest BCUT2D eigenvalue weighted by Gasteiger charge is -2.23. The number of aromatic nitrogens is 4. The third-order valence-corrected chi connectivity index (χ3v) is 6.35. The summed E-state index contributed by atoms with van der Waals surface area (Å²) in [5.41, 5.74) is 4.02. The molecule has 172 valence electrons. The van der Waals surface area contributed by atoms with E-state index in [0.29, 0.717) is 40.7 Å². The molecule has 0 radical (unpaired) electrons. The Balaban J connectivity index is 1.74. The molecule has 4 aromatic rings. The number of hydrogen-bond donors (Lipinski definition) is 0. The van der Waals surface area contributed by atoms with Gasteiger partial charge in [0.1, 0.15) is 17.1 Å². The van der Waals surface area contributed by atoms with Crippen molar-refractivity contribution in [3.63, 3.8) is 0 Å². The predicted molar refractivity (Wildman–Crippen MR) is 130 cm³/mol. The van der Waals surface area contributed by atoms with Crippen LogP contribution < -0.4 is 5.56 Å². The average Bonchev–Trinajstić information content (AvgIpc) is 2.82. The first-order valence-electron chi connectivity index (χ1n) is 10.6. The van der Waals surface area contributed by atoms with Crippen molar-refractivity contribution < 1.29 is 9.13 Å². The molecule has 0 saturated heterocycles. The Kier molecular flexibility index (Phi) is 5.93. The van der Waals surface area contributed by atoms with E-state index in [1.54, 1.807) is 44.3 Å². The van der Waals surface area contributed by atoms with Gasteiger partial charge in [-0.05, 0) is 73.9 Å². The number of nitrogens with zero attached hydrogens (tertiary/aromatic N) is 4. The third kappa shape index (κ3) is 4.11. The summed E-state index contributed by atoms with van der Waals surface area (Å²) in [6.07, 6.45) is 3.77. The number of ether oxygens (including phenoxy) is 1. The van der Waals surface area contributed by atoms with E-state index < -0.39 is 5.82 Å². The normalized spacial score (nSPS) is 16.0. The molecule has 0 saturated carbocycles. The number of fused-ring (bicyclic) bond motifs is 1. The van der Waals surface area contributed by atoms with E-state index in [4.69, 9.17) is 27.9 Å². The van der Waals surface area contributed by atoms with Crippen LogP contribution in [0.1, 0.15) is 35.0 Å². The van der Waals surface area contributed by atoms with Gasteiger partial charge in [-0.3, -0.25) is 4.79 Å². The van der Waals surface area contributed by atoms with Crippen molar-refractivity contribution in [1.29, 1.82) is 0 Å². The van der Waals surface area contributed by atoms with Gasteiger partial charge in [-0.1, -0.05) is 23.2 Å². The van der Waals surface area contributed by atoms with Crippen LogP contribution in [0, 0.1) is 19.7 Å². The Labute approximate surface area is 204 Å². The van der Waals surface area contributed by atoms with Crippen LogP contribution in [0.3, 0.4) is 0 Å². The Morgan fingerprint density at radius 2 is 1.94 bits per heavy atom. The van der Waals surface area contributed by atoms with Gasteiger partial charge in [-0.2, -0.15) is 9.61 Å². The van der Waals surface area contributed by atoms with Gasteiger partial charge < -0.3 is 4.74 Å². The van der Waals surface area contributed by atoms with Crippen LogP contribution in [-0.4, -0.2) is 26.2 Å². The Bertz CT molecular complexity index is 1530. The second-order valence-corrected chi connectivity index (χ2v) is 8.90. The van der Waals surface area contributed by atoms with Crippen molar-refractivity contribution in [2.45, 2.75) is 26.4 Å².